The van der Waals surface area contributed by atoms with E-state index in [4.69, 9.17) is 5.14 Å². The van der Waals surface area contributed by atoms with Gasteiger partial charge in [-0.05, 0) is 39.3 Å². The van der Waals surface area contributed by atoms with Crippen molar-refractivity contribution >= 4 is 15.9 Å². The predicted octanol–water partition coefficient (Wildman–Crippen LogP) is 2.04. The minimum absolute atomic E-state index is 0.0360. The molecule has 21 heavy (non-hydrogen) atoms. The molecule has 0 atom stereocenters. The van der Waals surface area contributed by atoms with Crippen LogP contribution in [0.5, 0.6) is 0 Å². The summed E-state index contributed by atoms with van der Waals surface area (Å²) in [4.78, 5) is 13.5. The molecule has 0 saturated heterocycles. The van der Waals surface area contributed by atoms with Gasteiger partial charge in [-0.15, -0.1) is 0 Å². The molecule has 118 valence electrons. The van der Waals surface area contributed by atoms with Crippen molar-refractivity contribution in [2.75, 3.05) is 7.05 Å². The van der Waals surface area contributed by atoms with Crippen LogP contribution in [0.4, 0.5) is 4.39 Å². The summed E-state index contributed by atoms with van der Waals surface area (Å²) in [7, 11) is -2.49. The third-order valence-electron chi connectivity index (χ3n) is 3.93. The molecule has 0 spiro atoms. The third-order valence-corrected chi connectivity index (χ3v) is 4.97. The summed E-state index contributed by atoms with van der Waals surface area (Å²) in [6.07, 6.45) is 0.700. The lowest BCUT2D eigenvalue weighted by Gasteiger charge is -2.35. The summed E-state index contributed by atoms with van der Waals surface area (Å²) in [6, 6.07) is 2.16. The van der Waals surface area contributed by atoms with E-state index < -0.39 is 27.3 Å². The number of rotatable bonds is 4. The average molecular weight is 316 g/mol. The molecule has 0 bridgehead atoms. The van der Waals surface area contributed by atoms with Crippen molar-refractivity contribution in [2.45, 2.75) is 44.6 Å². The molecular weight excluding hydrogens is 295 g/mol. The largest absolute Gasteiger partial charge is 0.337 e. The smallest absolute Gasteiger partial charge is 0.254 e. The van der Waals surface area contributed by atoms with Crippen LogP contribution in [0.1, 0.15) is 43.1 Å². The van der Waals surface area contributed by atoms with Crippen LogP contribution < -0.4 is 5.14 Å². The zero-order valence-corrected chi connectivity index (χ0v) is 13.7. The second-order valence-corrected chi connectivity index (χ2v) is 7.19. The van der Waals surface area contributed by atoms with Crippen LogP contribution >= 0.6 is 0 Å². The van der Waals surface area contributed by atoms with Gasteiger partial charge in [-0.2, -0.15) is 0 Å². The second kappa shape index (κ2) is 5.73. The fourth-order valence-corrected chi connectivity index (χ4v) is 2.59. The Morgan fingerprint density at radius 3 is 2.33 bits per heavy atom. The molecule has 1 amide bonds. The maximum absolute atomic E-state index is 13.9. The maximum Gasteiger partial charge on any atom is 0.254 e. The monoisotopic (exact) mass is 316 g/mol. The van der Waals surface area contributed by atoms with Gasteiger partial charge in [0.1, 0.15) is 5.82 Å². The number of sulfonamides is 1. The summed E-state index contributed by atoms with van der Waals surface area (Å²) in [5, 5.41) is 5.06. The molecule has 0 aromatic heterocycles. The van der Waals surface area contributed by atoms with Crippen LogP contribution in [0.15, 0.2) is 17.0 Å². The molecule has 0 aliphatic rings. The van der Waals surface area contributed by atoms with Crippen molar-refractivity contribution in [3.63, 3.8) is 0 Å². The molecule has 1 aromatic rings. The number of hydrogen-bond acceptors (Lipinski definition) is 3. The Hall–Kier alpha value is -1.47. The van der Waals surface area contributed by atoms with Crippen LogP contribution in [-0.4, -0.2) is 31.8 Å². The van der Waals surface area contributed by atoms with E-state index in [9.17, 15) is 17.6 Å². The fraction of sp³-hybridized carbons (Fsp3) is 0.500. The van der Waals surface area contributed by atoms with Gasteiger partial charge in [-0.1, -0.05) is 6.92 Å². The van der Waals surface area contributed by atoms with Gasteiger partial charge in [0.15, 0.2) is 0 Å². The first-order valence-electron chi connectivity index (χ1n) is 6.53. The molecule has 0 saturated carbocycles. The summed E-state index contributed by atoms with van der Waals surface area (Å²) in [6.45, 7) is 6.98. The minimum atomic E-state index is -4.09. The number of nitrogens with zero attached hydrogens (tertiary/aromatic N) is 1. The Labute approximate surface area is 125 Å². The van der Waals surface area contributed by atoms with E-state index in [1.54, 1.807) is 7.05 Å². The van der Waals surface area contributed by atoms with Crippen molar-refractivity contribution in [3.05, 3.63) is 29.1 Å². The molecule has 0 aliphatic carbocycles. The average Bonchev–Trinajstić information content (AvgIpc) is 2.38. The van der Waals surface area contributed by atoms with Crippen molar-refractivity contribution in [3.8, 4) is 0 Å². The first-order valence-corrected chi connectivity index (χ1v) is 8.07. The second-order valence-electron chi connectivity index (χ2n) is 5.66. The van der Waals surface area contributed by atoms with Gasteiger partial charge >= 0.3 is 0 Å². The molecule has 5 nitrogen and oxygen atoms in total. The maximum atomic E-state index is 13.9. The third kappa shape index (κ3) is 3.59. The molecule has 1 aromatic carbocycles. The molecule has 0 aliphatic heterocycles. The van der Waals surface area contributed by atoms with E-state index in [2.05, 4.69) is 0 Å². The normalized spacial score (nSPS) is 12.3. The minimum Gasteiger partial charge on any atom is -0.337 e. The highest BCUT2D eigenvalue weighted by Crippen LogP contribution is 2.23. The Kier molecular flexibility index (Phi) is 4.80. The van der Waals surface area contributed by atoms with Crippen LogP contribution in [0.2, 0.25) is 0 Å². The summed E-state index contributed by atoms with van der Waals surface area (Å²) in [5.41, 5.74) is -0.558. The molecule has 7 heteroatoms. The van der Waals surface area contributed by atoms with E-state index in [1.807, 2.05) is 20.8 Å². The summed E-state index contributed by atoms with van der Waals surface area (Å²) < 4.78 is 36.9. The van der Waals surface area contributed by atoms with Crippen molar-refractivity contribution in [1.29, 1.82) is 0 Å². The summed E-state index contributed by atoms with van der Waals surface area (Å²) in [5.74, 6) is -1.22. The number of carbonyl (C=O) groups is 1. The fourth-order valence-electron chi connectivity index (χ4n) is 1.78. The molecular formula is C14H21FN2O3S. The van der Waals surface area contributed by atoms with E-state index >= 15 is 0 Å². The molecule has 2 N–H and O–H groups in total. The molecule has 0 radical (unpaired) electrons. The Balaban J connectivity index is 3.40. The Morgan fingerprint density at radius 2 is 1.90 bits per heavy atom. The van der Waals surface area contributed by atoms with Crippen molar-refractivity contribution in [2.24, 2.45) is 5.14 Å². The van der Waals surface area contributed by atoms with Gasteiger partial charge in [-0.3, -0.25) is 4.79 Å². The van der Waals surface area contributed by atoms with Gasteiger partial charge in [-0.25, -0.2) is 17.9 Å². The number of primary sulfonamides is 1. The highest BCUT2D eigenvalue weighted by Gasteiger charge is 2.28. The highest BCUT2D eigenvalue weighted by atomic mass is 32.2. The highest BCUT2D eigenvalue weighted by molar-refractivity contribution is 7.89. The van der Waals surface area contributed by atoms with Gasteiger partial charge < -0.3 is 4.90 Å². The molecule has 0 heterocycles. The Bertz CT molecular complexity index is 669. The number of hydrogen-bond donors (Lipinski definition) is 1. The molecule has 1 rings (SSSR count). The first kappa shape index (κ1) is 17.6. The lowest BCUT2D eigenvalue weighted by molar-refractivity contribution is 0.0619. The lowest BCUT2D eigenvalue weighted by Crippen LogP contribution is -2.44. The molecule has 0 unspecified atom stereocenters. The van der Waals surface area contributed by atoms with Gasteiger partial charge in [0.25, 0.3) is 5.91 Å². The number of benzene rings is 1. The lowest BCUT2D eigenvalue weighted by atomic mass is 9.98. The van der Waals surface area contributed by atoms with Crippen LogP contribution in [0.3, 0.4) is 0 Å². The summed E-state index contributed by atoms with van der Waals surface area (Å²) >= 11 is 0. The first-order chi connectivity index (χ1) is 9.41. The van der Waals surface area contributed by atoms with E-state index in [0.29, 0.717) is 6.42 Å². The van der Waals surface area contributed by atoms with Gasteiger partial charge in [0.05, 0.1) is 4.90 Å². The number of nitrogens with two attached hydrogens (primary N) is 1. The molecule has 0 fully saturated rings. The van der Waals surface area contributed by atoms with Crippen molar-refractivity contribution < 1.29 is 17.6 Å². The SMILES string of the molecule is CCC(C)(C)N(C)C(=O)c1cc(F)c(C)c(S(N)(=O)=O)c1. The zero-order valence-electron chi connectivity index (χ0n) is 12.9. The van der Waals surface area contributed by atoms with Crippen molar-refractivity contribution in [1.82, 2.24) is 4.90 Å². The van der Waals surface area contributed by atoms with E-state index in [-0.39, 0.29) is 16.0 Å². The van der Waals surface area contributed by atoms with Crippen LogP contribution in [0.25, 0.3) is 0 Å². The quantitative estimate of drug-likeness (QED) is 0.923. The number of carbonyl (C=O) groups excluding carboxylic acids is 1. The van der Waals surface area contributed by atoms with Crippen LogP contribution in [0, 0.1) is 12.7 Å². The van der Waals surface area contributed by atoms with Gasteiger partial charge in [0.2, 0.25) is 10.0 Å². The topological polar surface area (TPSA) is 80.5 Å². The van der Waals surface area contributed by atoms with E-state index in [1.165, 1.54) is 11.8 Å². The Morgan fingerprint density at radius 1 is 1.38 bits per heavy atom. The zero-order chi connectivity index (χ0) is 16.6. The number of halogens is 1. The number of amides is 1. The van der Waals surface area contributed by atoms with Gasteiger partial charge in [0, 0.05) is 23.7 Å². The predicted molar refractivity (Wildman–Crippen MR) is 79.0 cm³/mol. The van der Waals surface area contributed by atoms with Crippen LogP contribution in [-0.2, 0) is 10.0 Å². The van der Waals surface area contributed by atoms with E-state index in [0.717, 1.165) is 12.1 Å². The standard InChI is InChI=1S/C14H21FN2O3S/c1-6-14(3,4)17(5)13(18)10-7-11(15)9(2)12(8-10)21(16,19)20/h7-8H,6H2,1-5H3,(H2,16,19,20).